The van der Waals surface area contributed by atoms with Gasteiger partial charge in [0, 0.05) is 6.07 Å². The second-order valence-electron chi connectivity index (χ2n) is 4.85. The Morgan fingerprint density at radius 1 is 1.12 bits per heavy atom. The lowest BCUT2D eigenvalue weighted by molar-refractivity contribution is -0.383. The van der Waals surface area contributed by atoms with E-state index in [0.717, 1.165) is 12.4 Å². The first-order valence-corrected chi connectivity index (χ1v) is 6.70. The molecule has 6 nitrogen and oxygen atoms in total. The first kappa shape index (κ1) is 16.6. The van der Waals surface area contributed by atoms with Crippen LogP contribution < -0.4 is 4.74 Å². The van der Waals surface area contributed by atoms with E-state index in [0.29, 0.717) is 12.1 Å². The molecule has 0 radical (unpaired) electrons. The van der Waals surface area contributed by atoms with Gasteiger partial charge >= 0.3 is 6.18 Å². The smallest absolute Gasteiger partial charge is 0.419 e. The average Bonchev–Trinajstić information content (AvgIpc) is 2.55. The van der Waals surface area contributed by atoms with Gasteiger partial charge in [-0.25, -0.2) is 14.4 Å². The van der Waals surface area contributed by atoms with Crippen molar-refractivity contribution < 1.29 is 27.2 Å². The van der Waals surface area contributed by atoms with Crippen LogP contribution >= 0.6 is 0 Å². The first-order valence-electron chi connectivity index (χ1n) is 6.70. The van der Waals surface area contributed by atoms with Crippen molar-refractivity contribution in [2.24, 2.45) is 0 Å². The van der Waals surface area contributed by atoms with Crippen molar-refractivity contribution in [2.75, 3.05) is 0 Å². The Morgan fingerprint density at radius 3 is 2.56 bits per heavy atom. The summed E-state index contributed by atoms with van der Waals surface area (Å²) >= 11 is 0. The number of fused-ring (bicyclic) bond motifs is 1. The van der Waals surface area contributed by atoms with E-state index in [-0.39, 0.29) is 28.2 Å². The molecule has 0 N–H and O–H groups in total. The molecule has 0 atom stereocenters. The molecule has 25 heavy (non-hydrogen) atoms. The molecule has 0 spiro atoms. The molecule has 3 rings (SSSR count). The fourth-order valence-corrected chi connectivity index (χ4v) is 2.17. The summed E-state index contributed by atoms with van der Waals surface area (Å²) in [7, 11) is 0. The Kier molecular flexibility index (Phi) is 3.95. The summed E-state index contributed by atoms with van der Waals surface area (Å²) in [6, 6.07) is 6.10. The summed E-state index contributed by atoms with van der Waals surface area (Å²) in [6.45, 7) is 0. The fourth-order valence-electron chi connectivity index (χ4n) is 2.17. The number of nitro groups is 1. The molecule has 0 aliphatic carbocycles. The number of hydrogen-bond acceptors (Lipinski definition) is 5. The van der Waals surface area contributed by atoms with E-state index < -0.39 is 22.5 Å². The molecular formula is C15H7F4N3O3. The molecule has 0 fully saturated rings. The molecule has 0 aliphatic rings. The summed E-state index contributed by atoms with van der Waals surface area (Å²) in [5, 5.41) is 11.1. The molecule has 0 aliphatic heterocycles. The first-order chi connectivity index (χ1) is 11.8. The minimum atomic E-state index is -4.89. The van der Waals surface area contributed by atoms with E-state index in [1.807, 2.05) is 0 Å². The van der Waals surface area contributed by atoms with E-state index in [9.17, 15) is 27.7 Å². The number of rotatable bonds is 3. The summed E-state index contributed by atoms with van der Waals surface area (Å²) < 4.78 is 56.9. The zero-order chi connectivity index (χ0) is 18.2. The van der Waals surface area contributed by atoms with Crippen molar-refractivity contribution in [1.82, 2.24) is 9.97 Å². The maximum Gasteiger partial charge on any atom is 0.419 e. The van der Waals surface area contributed by atoms with Crippen molar-refractivity contribution in [3.05, 3.63) is 64.2 Å². The van der Waals surface area contributed by atoms with E-state index >= 15 is 0 Å². The van der Waals surface area contributed by atoms with Crippen LogP contribution in [0, 0.1) is 15.9 Å². The van der Waals surface area contributed by atoms with Gasteiger partial charge in [0.2, 0.25) is 5.88 Å². The largest absolute Gasteiger partial charge is 0.438 e. The van der Waals surface area contributed by atoms with Crippen molar-refractivity contribution in [3.63, 3.8) is 0 Å². The highest BCUT2D eigenvalue weighted by Crippen LogP contribution is 2.36. The number of benzene rings is 2. The molecule has 0 unspecified atom stereocenters. The normalized spacial score (nSPS) is 11.5. The van der Waals surface area contributed by atoms with Crippen molar-refractivity contribution in [1.29, 1.82) is 0 Å². The van der Waals surface area contributed by atoms with Gasteiger partial charge < -0.3 is 4.74 Å². The molecule has 0 saturated carbocycles. The number of hydrogen-bond donors (Lipinski definition) is 0. The van der Waals surface area contributed by atoms with Crippen LogP contribution in [0.15, 0.2) is 42.7 Å². The molecular weight excluding hydrogens is 346 g/mol. The SMILES string of the molecule is O=[N+]([O-])c1cccc2c(Oc3ccc(F)c(C(F)(F)F)c3)ncnc12. The summed E-state index contributed by atoms with van der Waals surface area (Å²) in [4.78, 5) is 17.9. The summed E-state index contributed by atoms with van der Waals surface area (Å²) in [6.07, 6.45) is -3.91. The Balaban J connectivity index is 2.08. The Morgan fingerprint density at radius 2 is 1.88 bits per heavy atom. The number of nitrogens with zero attached hydrogens (tertiary/aromatic N) is 3. The lowest BCUT2D eigenvalue weighted by atomic mass is 10.2. The number of halogens is 4. The van der Waals surface area contributed by atoms with E-state index in [1.54, 1.807) is 0 Å². The lowest BCUT2D eigenvalue weighted by Crippen LogP contribution is -2.08. The Labute approximate surface area is 136 Å². The van der Waals surface area contributed by atoms with Gasteiger partial charge in [-0.2, -0.15) is 13.2 Å². The topological polar surface area (TPSA) is 78.2 Å². The highest BCUT2D eigenvalue weighted by Gasteiger charge is 2.34. The molecule has 2 aromatic carbocycles. The van der Waals surface area contributed by atoms with Crippen molar-refractivity contribution in [3.8, 4) is 11.6 Å². The lowest BCUT2D eigenvalue weighted by Gasteiger charge is -2.11. The van der Waals surface area contributed by atoms with Gasteiger partial charge in [0.1, 0.15) is 17.9 Å². The molecule has 1 aromatic heterocycles. The minimum absolute atomic E-state index is 0.0318. The van der Waals surface area contributed by atoms with Crippen LogP contribution in [0.25, 0.3) is 10.9 Å². The number of nitro benzene ring substituents is 1. The van der Waals surface area contributed by atoms with Crippen LogP contribution in [0.5, 0.6) is 11.6 Å². The van der Waals surface area contributed by atoms with E-state index in [1.165, 1.54) is 18.2 Å². The quantitative estimate of drug-likeness (QED) is 0.394. The number of ether oxygens (including phenoxy) is 1. The van der Waals surface area contributed by atoms with Crippen LogP contribution in [0.2, 0.25) is 0 Å². The van der Waals surface area contributed by atoms with Crippen LogP contribution in [-0.4, -0.2) is 14.9 Å². The van der Waals surface area contributed by atoms with E-state index in [4.69, 9.17) is 4.74 Å². The summed E-state index contributed by atoms with van der Waals surface area (Å²) in [5.74, 6) is -1.95. The van der Waals surface area contributed by atoms with E-state index in [2.05, 4.69) is 9.97 Å². The standard InChI is InChI=1S/C15H7F4N3O3/c16-11-5-4-8(6-10(11)15(17,18)19)25-14-9-2-1-3-12(22(23)24)13(9)20-7-21-14/h1-7H. The van der Waals surface area contributed by atoms with Crippen LogP contribution in [-0.2, 0) is 6.18 Å². The Hall–Kier alpha value is -3.30. The van der Waals surface area contributed by atoms with Crippen LogP contribution in [0.3, 0.4) is 0 Å². The van der Waals surface area contributed by atoms with Crippen LogP contribution in [0.4, 0.5) is 23.2 Å². The highest BCUT2D eigenvalue weighted by molar-refractivity contribution is 5.90. The van der Waals surface area contributed by atoms with Gasteiger partial charge in [-0.1, -0.05) is 6.07 Å². The fraction of sp³-hybridized carbons (Fsp3) is 0.0667. The van der Waals surface area contributed by atoms with Gasteiger partial charge in [0.15, 0.2) is 5.52 Å². The number of non-ortho nitro benzene ring substituents is 1. The molecule has 0 saturated heterocycles. The molecule has 128 valence electrons. The third kappa shape index (κ3) is 3.18. The zero-order valence-electron chi connectivity index (χ0n) is 12.1. The average molecular weight is 353 g/mol. The number of alkyl halides is 3. The maximum absolute atomic E-state index is 13.3. The Bertz CT molecular complexity index is 976. The molecule has 1 heterocycles. The predicted molar refractivity (Wildman–Crippen MR) is 77.7 cm³/mol. The maximum atomic E-state index is 13.3. The number of aromatic nitrogens is 2. The van der Waals surface area contributed by atoms with Gasteiger partial charge in [-0.3, -0.25) is 10.1 Å². The molecule has 3 aromatic rings. The molecule has 0 amide bonds. The third-order valence-corrected chi connectivity index (χ3v) is 3.26. The monoisotopic (exact) mass is 353 g/mol. The zero-order valence-corrected chi connectivity index (χ0v) is 12.1. The van der Waals surface area contributed by atoms with Gasteiger partial charge in [-0.05, 0) is 24.3 Å². The second-order valence-corrected chi connectivity index (χ2v) is 4.85. The van der Waals surface area contributed by atoms with Gasteiger partial charge in [-0.15, -0.1) is 0 Å². The molecule has 0 bridgehead atoms. The molecule has 10 heteroatoms. The summed E-state index contributed by atoms with van der Waals surface area (Å²) in [5.41, 5.74) is -1.83. The predicted octanol–water partition coefficient (Wildman–Crippen LogP) is 4.49. The van der Waals surface area contributed by atoms with Crippen molar-refractivity contribution >= 4 is 16.6 Å². The second kappa shape index (κ2) is 5.96. The number of para-hydroxylation sites is 1. The van der Waals surface area contributed by atoms with Gasteiger partial charge in [0.25, 0.3) is 5.69 Å². The highest BCUT2D eigenvalue weighted by atomic mass is 19.4. The minimum Gasteiger partial charge on any atom is -0.438 e. The third-order valence-electron chi connectivity index (χ3n) is 3.26. The van der Waals surface area contributed by atoms with Gasteiger partial charge in [0.05, 0.1) is 15.9 Å². The van der Waals surface area contributed by atoms with Crippen molar-refractivity contribution in [2.45, 2.75) is 6.18 Å². The van der Waals surface area contributed by atoms with Crippen LogP contribution in [0.1, 0.15) is 5.56 Å².